The Labute approximate surface area is 139 Å². The van der Waals surface area contributed by atoms with Gasteiger partial charge in [0.1, 0.15) is 17.2 Å². The van der Waals surface area contributed by atoms with Gasteiger partial charge in [0.15, 0.2) is 5.69 Å². The van der Waals surface area contributed by atoms with E-state index < -0.39 is 35.0 Å². The van der Waals surface area contributed by atoms with E-state index in [9.17, 15) is 26.7 Å². The summed E-state index contributed by atoms with van der Waals surface area (Å²) in [5.74, 6) is -3.06. The SMILES string of the molecule is O=C(NCCc1nc(C(F)(F)F)cs1)c1c(F)cc(Br)cc1F. The van der Waals surface area contributed by atoms with Gasteiger partial charge in [-0.2, -0.15) is 13.2 Å². The molecule has 1 amide bonds. The molecule has 0 saturated heterocycles. The van der Waals surface area contributed by atoms with Crippen molar-refractivity contribution >= 4 is 33.2 Å². The number of hydrogen-bond donors (Lipinski definition) is 1. The molecular weight excluding hydrogens is 407 g/mol. The molecule has 2 aromatic rings. The average molecular weight is 415 g/mol. The van der Waals surface area contributed by atoms with Crippen molar-refractivity contribution in [3.05, 3.63) is 49.9 Å². The first-order valence-electron chi connectivity index (χ1n) is 6.13. The molecule has 1 aromatic carbocycles. The monoisotopic (exact) mass is 414 g/mol. The topological polar surface area (TPSA) is 42.0 Å². The van der Waals surface area contributed by atoms with E-state index in [2.05, 4.69) is 26.2 Å². The molecule has 0 aliphatic carbocycles. The summed E-state index contributed by atoms with van der Waals surface area (Å²) < 4.78 is 64.5. The summed E-state index contributed by atoms with van der Waals surface area (Å²) in [6.45, 7) is -0.0986. The van der Waals surface area contributed by atoms with E-state index >= 15 is 0 Å². The van der Waals surface area contributed by atoms with Crippen molar-refractivity contribution < 1.29 is 26.7 Å². The fraction of sp³-hybridized carbons (Fsp3) is 0.231. The van der Waals surface area contributed by atoms with Gasteiger partial charge in [-0.1, -0.05) is 15.9 Å². The maximum atomic E-state index is 13.6. The highest BCUT2D eigenvalue weighted by atomic mass is 79.9. The molecule has 0 aliphatic heterocycles. The second-order valence-electron chi connectivity index (χ2n) is 4.37. The van der Waals surface area contributed by atoms with Crippen molar-refractivity contribution in [2.24, 2.45) is 0 Å². The Balaban J connectivity index is 1.97. The molecule has 124 valence electrons. The summed E-state index contributed by atoms with van der Waals surface area (Å²) in [6.07, 6.45) is -4.51. The number of aromatic nitrogens is 1. The number of nitrogens with one attached hydrogen (secondary N) is 1. The molecule has 10 heteroatoms. The van der Waals surface area contributed by atoms with Gasteiger partial charge in [0.05, 0.1) is 5.01 Å². The van der Waals surface area contributed by atoms with Gasteiger partial charge in [-0.05, 0) is 12.1 Å². The Morgan fingerprint density at radius 2 is 1.87 bits per heavy atom. The molecule has 3 nitrogen and oxygen atoms in total. The molecule has 1 aromatic heterocycles. The Kier molecular flexibility index (Phi) is 5.35. The Bertz CT molecular complexity index is 708. The zero-order valence-electron chi connectivity index (χ0n) is 11.2. The van der Waals surface area contributed by atoms with Crippen LogP contribution in [0.5, 0.6) is 0 Å². The Morgan fingerprint density at radius 3 is 2.39 bits per heavy atom. The number of thiazole rings is 1. The summed E-state index contributed by atoms with van der Waals surface area (Å²) in [5, 5.41) is 3.28. The quantitative estimate of drug-likeness (QED) is 0.762. The lowest BCUT2D eigenvalue weighted by molar-refractivity contribution is -0.140. The van der Waals surface area contributed by atoms with Gasteiger partial charge in [-0.3, -0.25) is 4.79 Å². The van der Waals surface area contributed by atoms with E-state index in [1.54, 1.807) is 0 Å². The lowest BCUT2D eigenvalue weighted by Gasteiger charge is -2.07. The normalized spacial score (nSPS) is 11.6. The first-order chi connectivity index (χ1) is 10.7. The minimum Gasteiger partial charge on any atom is -0.351 e. The molecule has 0 unspecified atom stereocenters. The summed E-state index contributed by atoms with van der Waals surface area (Å²) >= 11 is 3.68. The summed E-state index contributed by atoms with van der Waals surface area (Å²) in [5.41, 5.74) is -1.75. The molecule has 0 atom stereocenters. The molecule has 0 spiro atoms. The zero-order chi connectivity index (χ0) is 17.2. The van der Waals surface area contributed by atoms with Gasteiger partial charge in [0.25, 0.3) is 5.91 Å². The summed E-state index contributed by atoms with van der Waals surface area (Å²) in [7, 11) is 0. The minimum atomic E-state index is -4.53. The van der Waals surface area contributed by atoms with E-state index in [1.165, 1.54) is 0 Å². The van der Waals surface area contributed by atoms with E-state index in [0.29, 0.717) is 0 Å². The van der Waals surface area contributed by atoms with Gasteiger partial charge >= 0.3 is 6.18 Å². The van der Waals surface area contributed by atoms with E-state index in [4.69, 9.17) is 0 Å². The number of nitrogens with zero attached hydrogens (tertiary/aromatic N) is 1. The van der Waals surface area contributed by atoms with Crippen LogP contribution in [-0.2, 0) is 12.6 Å². The van der Waals surface area contributed by atoms with Crippen LogP contribution < -0.4 is 5.32 Å². The third kappa shape index (κ3) is 4.47. The second-order valence-corrected chi connectivity index (χ2v) is 6.23. The molecule has 0 bridgehead atoms. The number of rotatable bonds is 4. The maximum absolute atomic E-state index is 13.6. The van der Waals surface area contributed by atoms with Crippen molar-refractivity contribution in [3.8, 4) is 0 Å². The number of hydrogen-bond acceptors (Lipinski definition) is 3. The van der Waals surface area contributed by atoms with Crippen LogP contribution in [0.3, 0.4) is 0 Å². The van der Waals surface area contributed by atoms with Crippen LogP contribution in [0.4, 0.5) is 22.0 Å². The Hall–Kier alpha value is -1.55. The third-order valence-electron chi connectivity index (χ3n) is 2.70. The molecule has 2 rings (SSSR count). The predicted molar refractivity (Wildman–Crippen MR) is 77.2 cm³/mol. The predicted octanol–water partition coefficient (Wildman–Crippen LogP) is 4.18. The van der Waals surface area contributed by atoms with Crippen LogP contribution in [0.2, 0.25) is 0 Å². The zero-order valence-corrected chi connectivity index (χ0v) is 13.6. The van der Waals surface area contributed by atoms with Crippen molar-refractivity contribution in [1.82, 2.24) is 10.3 Å². The standard InChI is InChI=1S/C13H8BrF5N2OS/c14-6-3-7(15)11(8(16)4-6)12(22)20-2-1-10-21-9(5-23-10)13(17,18)19/h3-5H,1-2H2,(H,20,22). The molecule has 1 heterocycles. The molecule has 0 aliphatic rings. The molecule has 0 radical (unpaired) electrons. The molecule has 0 saturated carbocycles. The number of benzene rings is 1. The van der Waals surface area contributed by atoms with Crippen LogP contribution in [-0.4, -0.2) is 17.4 Å². The first-order valence-corrected chi connectivity index (χ1v) is 7.80. The molecule has 1 N–H and O–H groups in total. The number of halogens is 6. The summed E-state index contributed by atoms with van der Waals surface area (Å²) in [6, 6.07) is 1.88. The van der Waals surface area contributed by atoms with Crippen LogP contribution in [0.1, 0.15) is 21.1 Å². The highest BCUT2D eigenvalue weighted by molar-refractivity contribution is 9.10. The molecule has 23 heavy (non-hydrogen) atoms. The lowest BCUT2D eigenvalue weighted by atomic mass is 10.2. The van der Waals surface area contributed by atoms with Crippen LogP contribution in [0.25, 0.3) is 0 Å². The highest BCUT2D eigenvalue weighted by Crippen LogP contribution is 2.30. The number of carbonyl (C=O) groups is 1. The number of carbonyl (C=O) groups excluding carboxylic acids is 1. The first kappa shape index (κ1) is 17.8. The van der Waals surface area contributed by atoms with Crippen molar-refractivity contribution in [2.75, 3.05) is 6.54 Å². The average Bonchev–Trinajstić information content (AvgIpc) is 2.86. The van der Waals surface area contributed by atoms with Gasteiger partial charge in [-0.25, -0.2) is 13.8 Å². The molecule has 0 fully saturated rings. The van der Waals surface area contributed by atoms with E-state index in [-0.39, 0.29) is 22.4 Å². The second kappa shape index (κ2) is 6.91. The fourth-order valence-electron chi connectivity index (χ4n) is 1.69. The number of alkyl halides is 3. The third-order valence-corrected chi connectivity index (χ3v) is 4.07. The largest absolute Gasteiger partial charge is 0.434 e. The van der Waals surface area contributed by atoms with Crippen molar-refractivity contribution in [2.45, 2.75) is 12.6 Å². The van der Waals surface area contributed by atoms with Crippen molar-refractivity contribution in [3.63, 3.8) is 0 Å². The van der Waals surface area contributed by atoms with Crippen molar-refractivity contribution in [1.29, 1.82) is 0 Å². The smallest absolute Gasteiger partial charge is 0.351 e. The van der Waals surface area contributed by atoms with Crippen LogP contribution in [0, 0.1) is 11.6 Å². The van der Waals surface area contributed by atoms with Gasteiger partial charge in [0.2, 0.25) is 0 Å². The maximum Gasteiger partial charge on any atom is 0.434 e. The van der Waals surface area contributed by atoms with Gasteiger partial charge in [0, 0.05) is 22.8 Å². The summed E-state index contributed by atoms with van der Waals surface area (Å²) in [4.78, 5) is 15.1. The van der Waals surface area contributed by atoms with E-state index in [0.717, 1.165) is 28.8 Å². The minimum absolute atomic E-state index is 0.0201. The lowest BCUT2D eigenvalue weighted by Crippen LogP contribution is -2.27. The number of amides is 1. The van der Waals surface area contributed by atoms with Crippen LogP contribution in [0.15, 0.2) is 22.0 Å². The van der Waals surface area contributed by atoms with E-state index in [1.807, 2.05) is 0 Å². The van der Waals surface area contributed by atoms with Gasteiger partial charge < -0.3 is 5.32 Å². The van der Waals surface area contributed by atoms with Crippen LogP contribution >= 0.6 is 27.3 Å². The Morgan fingerprint density at radius 1 is 1.26 bits per heavy atom. The highest BCUT2D eigenvalue weighted by Gasteiger charge is 2.33. The fourth-order valence-corrected chi connectivity index (χ4v) is 2.89. The molecular formula is C13H8BrF5N2OS. The van der Waals surface area contributed by atoms with Gasteiger partial charge in [-0.15, -0.1) is 11.3 Å².